The molecule has 2 heterocycles. The lowest BCUT2D eigenvalue weighted by Crippen LogP contribution is -2.11. The predicted molar refractivity (Wildman–Crippen MR) is 101 cm³/mol. The SMILES string of the molecule is Cc1cc(OC(=O)/C=C/c2ccc(C)o2)n(Cc2c(Cl)cccc2Cl)n1. The minimum atomic E-state index is -0.537. The van der Waals surface area contributed by atoms with Crippen molar-refractivity contribution in [2.75, 3.05) is 0 Å². The normalized spacial score (nSPS) is 11.2. The van der Waals surface area contributed by atoms with Gasteiger partial charge in [-0.1, -0.05) is 29.3 Å². The summed E-state index contributed by atoms with van der Waals surface area (Å²) in [5, 5.41) is 5.39. The quantitative estimate of drug-likeness (QED) is 0.450. The lowest BCUT2D eigenvalue weighted by atomic mass is 10.2. The number of hydrogen-bond donors (Lipinski definition) is 0. The van der Waals surface area contributed by atoms with E-state index in [9.17, 15) is 4.79 Å². The highest BCUT2D eigenvalue weighted by molar-refractivity contribution is 6.35. The van der Waals surface area contributed by atoms with Crippen LogP contribution in [0.2, 0.25) is 10.0 Å². The van der Waals surface area contributed by atoms with Gasteiger partial charge < -0.3 is 9.15 Å². The molecule has 0 spiro atoms. The number of nitrogens with zero attached hydrogens (tertiary/aromatic N) is 2. The summed E-state index contributed by atoms with van der Waals surface area (Å²) in [6.45, 7) is 3.93. The minimum absolute atomic E-state index is 0.288. The van der Waals surface area contributed by atoms with E-state index in [-0.39, 0.29) is 6.54 Å². The Labute approximate surface area is 160 Å². The van der Waals surface area contributed by atoms with E-state index < -0.39 is 5.97 Å². The molecule has 0 saturated heterocycles. The highest BCUT2D eigenvalue weighted by Crippen LogP contribution is 2.27. The molecule has 134 valence electrons. The molecule has 0 aliphatic heterocycles. The van der Waals surface area contributed by atoms with E-state index in [2.05, 4.69) is 5.10 Å². The number of benzene rings is 1. The first-order valence-corrected chi connectivity index (χ1v) is 8.61. The van der Waals surface area contributed by atoms with Crippen LogP contribution in [0.15, 0.2) is 46.9 Å². The van der Waals surface area contributed by atoms with Crippen molar-refractivity contribution < 1.29 is 13.9 Å². The summed E-state index contributed by atoms with van der Waals surface area (Å²) in [4.78, 5) is 12.1. The molecule has 3 rings (SSSR count). The van der Waals surface area contributed by atoms with Crippen molar-refractivity contribution in [3.05, 3.63) is 75.3 Å². The van der Waals surface area contributed by atoms with Crippen molar-refractivity contribution in [1.29, 1.82) is 0 Å². The van der Waals surface area contributed by atoms with Crippen molar-refractivity contribution in [1.82, 2.24) is 9.78 Å². The summed E-state index contributed by atoms with van der Waals surface area (Å²) in [6, 6.07) is 10.5. The number of aromatic nitrogens is 2. The van der Waals surface area contributed by atoms with Crippen LogP contribution in [0.1, 0.15) is 22.8 Å². The smallest absolute Gasteiger partial charge is 0.337 e. The van der Waals surface area contributed by atoms with Crippen LogP contribution in [0, 0.1) is 13.8 Å². The van der Waals surface area contributed by atoms with Gasteiger partial charge in [0, 0.05) is 27.8 Å². The molecule has 0 fully saturated rings. The topological polar surface area (TPSA) is 57.3 Å². The zero-order valence-corrected chi connectivity index (χ0v) is 15.7. The summed E-state index contributed by atoms with van der Waals surface area (Å²) in [6.07, 6.45) is 2.85. The monoisotopic (exact) mass is 390 g/mol. The third-order valence-corrected chi connectivity index (χ3v) is 4.29. The van der Waals surface area contributed by atoms with Gasteiger partial charge in [-0.15, -0.1) is 0 Å². The Kier molecular flexibility index (Phi) is 5.49. The van der Waals surface area contributed by atoms with Gasteiger partial charge in [0.25, 0.3) is 0 Å². The molecule has 0 bridgehead atoms. The molecular formula is C19H16Cl2N2O3. The second-order valence-corrected chi connectivity index (χ2v) is 6.50. The number of furan rings is 1. The highest BCUT2D eigenvalue weighted by atomic mass is 35.5. The fourth-order valence-electron chi connectivity index (χ4n) is 2.38. The predicted octanol–water partition coefficient (Wildman–Crippen LogP) is 5.07. The fraction of sp³-hybridized carbons (Fsp3) is 0.158. The van der Waals surface area contributed by atoms with Gasteiger partial charge in [0.05, 0.1) is 12.2 Å². The Bertz CT molecular complexity index is 953. The Morgan fingerprint density at radius 1 is 1.23 bits per heavy atom. The maximum atomic E-state index is 12.1. The van der Waals surface area contributed by atoms with E-state index in [1.165, 1.54) is 6.08 Å². The van der Waals surface area contributed by atoms with Crippen molar-refractivity contribution in [2.45, 2.75) is 20.4 Å². The van der Waals surface area contributed by atoms with Crippen molar-refractivity contribution in [2.24, 2.45) is 0 Å². The third-order valence-electron chi connectivity index (χ3n) is 3.58. The second kappa shape index (κ2) is 7.81. The first-order chi connectivity index (χ1) is 12.4. The number of aryl methyl sites for hydroxylation is 2. The van der Waals surface area contributed by atoms with Crippen LogP contribution < -0.4 is 4.74 Å². The maximum Gasteiger partial charge on any atom is 0.337 e. The third kappa shape index (κ3) is 4.36. The van der Waals surface area contributed by atoms with Crippen molar-refractivity contribution in [3.63, 3.8) is 0 Å². The number of carbonyl (C=O) groups is 1. The van der Waals surface area contributed by atoms with E-state index in [4.69, 9.17) is 32.4 Å². The number of carbonyl (C=O) groups excluding carboxylic acids is 1. The van der Waals surface area contributed by atoms with Crippen molar-refractivity contribution in [3.8, 4) is 5.88 Å². The van der Waals surface area contributed by atoms with Crippen LogP contribution in [0.3, 0.4) is 0 Å². The average Bonchev–Trinajstić information content (AvgIpc) is 3.14. The van der Waals surface area contributed by atoms with Crippen molar-refractivity contribution >= 4 is 35.2 Å². The summed E-state index contributed by atoms with van der Waals surface area (Å²) >= 11 is 12.4. The molecule has 3 aromatic rings. The van der Waals surface area contributed by atoms with Crippen LogP contribution >= 0.6 is 23.2 Å². The molecule has 26 heavy (non-hydrogen) atoms. The molecule has 0 radical (unpaired) electrons. The number of esters is 1. The Hall–Kier alpha value is -2.50. The molecule has 0 unspecified atom stereocenters. The number of ether oxygens (including phenoxy) is 1. The van der Waals surface area contributed by atoms with Gasteiger partial charge in [-0.2, -0.15) is 5.10 Å². The van der Waals surface area contributed by atoms with Crippen LogP contribution in [0.25, 0.3) is 6.08 Å². The summed E-state index contributed by atoms with van der Waals surface area (Å²) < 4.78 is 12.3. The van der Waals surface area contributed by atoms with E-state index in [0.717, 1.165) is 5.76 Å². The summed E-state index contributed by atoms with van der Waals surface area (Å²) in [5.74, 6) is 1.12. The van der Waals surface area contributed by atoms with E-state index in [1.54, 1.807) is 41.1 Å². The number of hydrogen-bond acceptors (Lipinski definition) is 4. The Morgan fingerprint density at radius 2 is 1.96 bits per heavy atom. The first-order valence-electron chi connectivity index (χ1n) is 7.86. The van der Waals surface area contributed by atoms with E-state index in [0.29, 0.717) is 32.9 Å². The van der Waals surface area contributed by atoms with E-state index in [1.807, 2.05) is 19.9 Å². The minimum Gasteiger partial charge on any atom is -0.462 e. The second-order valence-electron chi connectivity index (χ2n) is 5.68. The van der Waals surface area contributed by atoms with Gasteiger partial charge in [-0.3, -0.25) is 0 Å². The Morgan fingerprint density at radius 3 is 2.62 bits per heavy atom. The number of halogens is 2. The van der Waals surface area contributed by atoms with Crippen LogP contribution in [0.5, 0.6) is 5.88 Å². The molecule has 0 aliphatic rings. The molecule has 7 heteroatoms. The molecule has 0 aliphatic carbocycles. The highest BCUT2D eigenvalue weighted by Gasteiger charge is 2.14. The Balaban J connectivity index is 1.77. The maximum absolute atomic E-state index is 12.1. The zero-order valence-electron chi connectivity index (χ0n) is 14.2. The van der Waals surface area contributed by atoms with Gasteiger partial charge in [-0.05, 0) is 44.2 Å². The molecule has 5 nitrogen and oxygen atoms in total. The molecule has 0 saturated carbocycles. The average molecular weight is 391 g/mol. The lowest BCUT2D eigenvalue weighted by molar-refractivity contribution is -0.129. The van der Waals surface area contributed by atoms with Crippen LogP contribution in [-0.4, -0.2) is 15.7 Å². The zero-order chi connectivity index (χ0) is 18.7. The van der Waals surface area contributed by atoms with Crippen LogP contribution in [0.4, 0.5) is 0 Å². The van der Waals surface area contributed by atoms with Gasteiger partial charge in [0.2, 0.25) is 5.88 Å². The van der Waals surface area contributed by atoms with Gasteiger partial charge in [0.1, 0.15) is 11.5 Å². The van der Waals surface area contributed by atoms with Gasteiger partial charge in [-0.25, -0.2) is 9.48 Å². The fourth-order valence-corrected chi connectivity index (χ4v) is 2.90. The largest absolute Gasteiger partial charge is 0.462 e. The first kappa shape index (κ1) is 18.3. The molecule has 0 atom stereocenters. The molecule has 2 aromatic heterocycles. The molecule has 0 N–H and O–H groups in total. The summed E-state index contributed by atoms with van der Waals surface area (Å²) in [5.41, 5.74) is 1.42. The molecular weight excluding hydrogens is 375 g/mol. The number of rotatable bonds is 5. The summed E-state index contributed by atoms with van der Waals surface area (Å²) in [7, 11) is 0. The molecule has 1 aromatic carbocycles. The lowest BCUT2D eigenvalue weighted by Gasteiger charge is -2.09. The van der Waals surface area contributed by atoms with Gasteiger partial charge in [0.15, 0.2) is 0 Å². The van der Waals surface area contributed by atoms with Gasteiger partial charge >= 0.3 is 5.97 Å². The van der Waals surface area contributed by atoms with E-state index >= 15 is 0 Å². The van der Waals surface area contributed by atoms with Crippen LogP contribution in [-0.2, 0) is 11.3 Å². The standard InChI is InChI=1S/C19H16Cl2N2O3/c1-12-10-18(26-19(24)9-8-14-7-6-13(2)25-14)23(22-12)11-15-16(20)4-3-5-17(15)21/h3-10H,11H2,1-2H3/b9-8+. The molecule has 0 amide bonds.